The Morgan fingerprint density at radius 1 is 0.853 bits per heavy atom. The molecule has 0 saturated carbocycles. The van der Waals surface area contributed by atoms with Crippen LogP contribution in [0.2, 0.25) is 0 Å². The first-order valence-electron chi connectivity index (χ1n) is 12.7. The zero-order valence-electron chi connectivity index (χ0n) is 19.8. The first kappa shape index (κ1) is 22.7. The number of fused-ring (bicyclic) bond motifs is 1. The Balaban J connectivity index is 1.14. The van der Waals surface area contributed by atoms with Gasteiger partial charge < -0.3 is 4.90 Å². The van der Waals surface area contributed by atoms with Crippen molar-refractivity contribution in [2.45, 2.75) is 44.4 Å². The van der Waals surface area contributed by atoms with Crippen molar-refractivity contribution in [2.75, 3.05) is 19.6 Å². The number of rotatable bonds is 7. The molecule has 1 unspecified atom stereocenters. The number of benzene rings is 3. The van der Waals surface area contributed by atoms with E-state index in [1.807, 2.05) is 48.5 Å². The van der Waals surface area contributed by atoms with Gasteiger partial charge in [0.15, 0.2) is 11.6 Å². The van der Waals surface area contributed by atoms with Crippen LogP contribution in [0.1, 0.15) is 69.0 Å². The van der Waals surface area contributed by atoms with Crippen molar-refractivity contribution in [1.29, 1.82) is 0 Å². The number of Topliss-reactive ketones (excluding diaryl/α,β-unsaturated/α-hetero) is 2. The highest BCUT2D eigenvalue weighted by atomic mass is 16.1. The standard InChI is InChI=1S/C31H33NO2/c33-30(21-23-7-3-1-4-8-23)28-13-14-29-27(22-28)12-11-26(31(29)34)17-20-32-18-15-25(16-19-32)24-9-5-2-6-10-24/h1-10,13-14,22,25-26H,11-12,15-21H2. The average molecular weight is 452 g/mol. The normalized spacial score (nSPS) is 19.1. The Labute approximate surface area is 202 Å². The SMILES string of the molecule is O=C(Cc1ccccc1)c1ccc2c(c1)CCC(CCN1CCC(c3ccccc3)CC1)C2=O. The molecule has 1 fully saturated rings. The second kappa shape index (κ2) is 10.5. The van der Waals surface area contributed by atoms with Crippen molar-refractivity contribution in [3.05, 3.63) is 107 Å². The lowest BCUT2D eigenvalue weighted by atomic mass is 9.80. The summed E-state index contributed by atoms with van der Waals surface area (Å²) >= 11 is 0. The molecule has 3 nitrogen and oxygen atoms in total. The van der Waals surface area contributed by atoms with E-state index < -0.39 is 0 Å². The number of carbonyl (C=O) groups is 2. The Kier molecular flexibility index (Phi) is 7.01. The second-order valence-corrected chi connectivity index (χ2v) is 9.87. The van der Waals surface area contributed by atoms with E-state index in [2.05, 4.69) is 35.2 Å². The van der Waals surface area contributed by atoms with Crippen molar-refractivity contribution in [1.82, 2.24) is 4.90 Å². The smallest absolute Gasteiger partial charge is 0.167 e. The number of aryl methyl sites for hydroxylation is 1. The van der Waals surface area contributed by atoms with E-state index in [1.54, 1.807) is 0 Å². The fourth-order valence-electron chi connectivity index (χ4n) is 5.61. The van der Waals surface area contributed by atoms with E-state index in [0.717, 1.165) is 61.2 Å². The second-order valence-electron chi connectivity index (χ2n) is 9.87. The average Bonchev–Trinajstić information content (AvgIpc) is 2.89. The van der Waals surface area contributed by atoms with Crippen molar-refractivity contribution in [3.8, 4) is 0 Å². The maximum Gasteiger partial charge on any atom is 0.167 e. The molecule has 174 valence electrons. The third kappa shape index (κ3) is 5.20. The van der Waals surface area contributed by atoms with Crippen LogP contribution in [0, 0.1) is 5.92 Å². The number of ketones is 2. The monoisotopic (exact) mass is 451 g/mol. The van der Waals surface area contributed by atoms with E-state index in [9.17, 15) is 9.59 Å². The van der Waals surface area contributed by atoms with E-state index in [4.69, 9.17) is 0 Å². The van der Waals surface area contributed by atoms with Crippen LogP contribution < -0.4 is 0 Å². The molecule has 1 aliphatic heterocycles. The van der Waals surface area contributed by atoms with Gasteiger partial charge in [-0.2, -0.15) is 0 Å². The minimum atomic E-state index is 0.102. The molecular formula is C31H33NO2. The van der Waals surface area contributed by atoms with Gasteiger partial charge in [0.25, 0.3) is 0 Å². The van der Waals surface area contributed by atoms with Crippen LogP contribution in [0.3, 0.4) is 0 Å². The zero-order chi connectivity index (χ0) is 23.3. The van der Waals surface area contributed by atoms with Crippen molar-refractivity contribution >= 4 is 11.6 Å². The van der Waals surface area contributed by atoms with Crippen LogP contribution in [0.5, 0.6) is 0 Å². The number of likely N-dealkylation sites (tertiary alicyclic amines) is 1. The summed E-state index contributed by atoms with van der Waals surface area (Å²) in [5.41, 5.74) is 5.08. The third-order valence-corrected chi connectivity index (χ3v) is 7.69. The molecule has 0 aromatic heterocycles. The summed E-state index contributed by atoms with van der Waals surface area (Å²) in [6.07, 6.45) is 5.51. The predicted molar refractivity (Wildman–Crippen MR) is 137 cm³/mol. The summed E-state index contributed by atoms with van der Waals surface area (Å²) in [5.74, 6) is 1.15. The van der Waals surface area contributed by atoms with Gasteiger partial charge in [0.2, 0.25) is 0 Å². The topological polar surface area (TPSA) is 37.4 Å². The summed E-state index contributed by atoms with van der Waals surface area (Å²) in [5, 5.41) is 0. The molecule has 2 aliphatic rings. The number of hydrogen-bond donors (Lipinski definition) is 0. The van der Waals surface area contributed by atoms with Crippen molar-refractivity contribution < 1.29 is 9.59 Å². The van der Waals surface area contributed by atoms with Gasteiger partial charge in [0.1, 0.15) is 0 Å². The quantitative estimate of drug-likeness (QED) is 0.406. The highest BCUT2D eigenvalue weighted by molar-refractivity contribution is 6.03. The highest BCUT2D eigenvalue weighted by Gasteiger charge is 2.29. The molecule has 1 saturated heterocycles. The van der Waals surface area contributed by atoms with E-state index in [-0.39, 0.29) is 17.5 Å². The zero-order valence-corrected chi connectivity index (χ0v) is 19.8. The van der Waals surface area contributed by atoms with E-state index in [1.165, 1.54) is 18.4 Å². The largest absolute Gasteiger partial charge is 0.303 e. The Morgan fingerprint density at radius 3 is 2.29 bits per heavy atom. The lowest BCUT2D eigenvalue weighted by Crippen LogP contribution is -2.35. The minimum absolute atomic E-state index is 0.102. The molecule has 0 spiro atoms. The van der Waals surface area contributed by atoms with Crippen LogP contribution in [0.4, 0.5) is 0 Å². The number of carbonyl (C=O) groups excluding carboxylic acids is 2. The number of piperidine rings is 1. The predicted octanol–water partition coefficient (Wildman–Crippen LogP) is 6.13. The molecule has 1 aliphatic carbocycles. The molecule has 0 radical (unpaired) electrons. The van der Waals surface area contributed by atoms with Gasteiger partial charge >= 0.3 is 0 Å². The van der Waals surface area contributed by atoms with Crippen LogP contribution in [-0.4, -0.2) is 36.1 Å². The van der Waals surface area contributed by atoms with Gasteiger partial charge in [0.05, 0.1) is 0 Å². The fraction of sp³-hybridized carbons (Fsp3) is 0.355. The van der Waals surface area contributed by atoms with Gasteiger partial charge in [-0.3, -0.25) is 9.59 Å². The van der Waals surface area contributed by atoms with Crippen molar-refractivity contribution in [3.63, 3.8) is 0 Å². The van der Waals surface area contributed by atoms with Gasteiger partial charge in [-0.25, -0.2) is 0 Å². The molecule has 3 aromatic rings. The van der Waals surface area contributed by atoms with Gasteiger partial charge in [0, 0.05) is 23.5 Å². The lowest BCUT2D eigenvalue weighted by Gasteiger charge is -2.33. The molecule has 5 rings (SSSR count). The van der Waals surface area contributed by atoms with E-state index in [0.29, 0.717) is 12.3 Å². The van der Waals surface area contributed by atoms with Gasteiger partial charge in [-0.05, 0) is 80.4 Å². The summed E-state index contributed by atoms with van der Waals surface area (Å²) in [4.78, 5) is 28.5. The van der Waals surface area contributed by atoms with Gasteiger partial charge in [-0.15, -0.1) is 0 Å². The molecule has 1 heterocycles. The lowest BCUT2D eigenvalue weighted by molar-refractivity contribution is 0.0876. The van der Waals surface area contributed by atoms with Crippen LogP contribution in [-0.2, 0) is 12.8 Å². The first-order chi connectivity index (χ1) is 16.7. The first-order valence-corrected chi connectivity index (χ1v) is 12.7. The minimum Gasteiger partial charge on any atom is -0.303 e. The molecular weight excluding hydrogens is 418 g/mol. The maximum atomic E-state index is 13.2. The Morgan fingerprint density at radius 2 is 1.56 bits per heavy atom. The van der Waals surface area contributed by atoms with Gasteiger partial charge in [-0.1, -0.05) is 72.8 Å². The molecule has 1 atom stereocenters. The third-order valence-electron chi connectivity index (χ3n) is 7.69. The Bertz CT molecular complexity index is 1130. The number of hydrogen-bond acceptors (Lipinski definition) is 3. The fourth-order valence-corrected chi connectivity index (χ4v) is 5.61. The summed E-state index contributed by atoms with van der Waals surface area (Å²) < 4.78 is 0. The molecule has 0 N–H and O–H groups in total. The Hall–Kier alpha value is -3.04. The van der Waals surface area contributed by atoms with E-state index >= 15 is 0 Å². The van der Waals surface area contributed by atoms with Crippen molar-refractivity contribution in [2.24, 2.45) is 5.92 Å². The molecule has 3 heteroatoms. The van der Waals surface area contributed by atoms with Crippen LogP contribution in [0.25, 0.3) is 0 Å². The van der Waals surface area contributed by atoms with Crippen LogP contribution in [0.15, 0.2) is 78.9 Å². The molecule has 0 amide bonds. The number of nitrogens with zero attached hydrogens (tertiary/aromatic N) is 1. The summed E-state index contributed by atoms with van der Waals surface area (Å²) in [6, 6.07) is 26.4. The maximum absolute atomic E-state index is 13.2. The molecule has 0 bridgehead atoms. The summed E-state index contributed by atoms with van der Waals surface area (Å²) in [7, 11) is 0. The molecule has 3 aromatic carbocycles. The van der Waals surface area contributed by atoms with Crippen LogP contribution >= 0.6 is 0 Å². The summed E-state index contributed by atoms with van der Waals surface area (Å²) in [6.45, 7) is 3.23. The molecule has 34 heavy (non-hydrogen) atoms. The highest BCUT2D eigenvalue weighted by Crippen LogP contribution is 2.31.